The molecule has 5 nitrogen and oxygen atoms in total. The molecular weight excluding hydrogens is 400 g/mol. The van der Waals surface area contributed by atoms with Crippen molar-refractivity contribution in [2.45, 2.75) is 38.2 Å². The van der Waals surface area contributed by atoms with Crippen LogP contribution in [-0.2, 0) is 0 Å². The second-order valence-electron chi connectivity index (χ2n) is 7.97. The largest absolute Gasteiger partial charge is 0.490 e. The Hall–Kier alpha value is -2.53. The topological polar surface area (TPSA) is 49.9 Å². The lowest BCUT2D eigenvalue weighted by molar-refractivity contribution is 0.0718. The molecule has 2 aromatic rings. The standard InChI is InChI=1S/C24H27ClN2O3/c25-22-12-4-3-11-21(22)24(29)27-14-6-13-26(15-16-27)23(28)18-7-5-10-20(17-18)30-19-8-1-2-9-19/h3-5,7,10-12,17,19H,1-2,6,8-9,13-16H2. The molecule has 30 heavy (non-hydrogen) atoms. The third-order valence-electron chi connectivity index (χ3n) is 5.86. The summed E-state index contributed by atoms with van der Waals surface area (Å²) in [5.74, 6) is 0.666. The van der Waals surface area contributed by atoms with Gasteiger partial charge in [0, 0.05) is 31.7 Å². The first-order valence-corrected chi connectivity index (χ1v) is 11.1. The van der Waals surface area contributed by atoms with Crippen molar-refractivity contribution in [3.05, 3.63) is 64.7 Å². The fourth-order valence-corrected chi connectivity index (χ4v) is 4.43. The summed E-state index contributed by atoms with van der Waals surface area (Å²) >= 11 is 6.19. The van der Waals surface area contributed by atoms with E-state index in [1.165, 1.54) is 12.8 Å². The molecule has 2 aliphatic rings. The van der Waals surface area contributed by atoms with Crippen molar-refractivity contribution in [3.63, 3.8) is 0 Å². The predicted molar refractivity (Wildman–Crippen MR) is 117 cm³/mol. The Morgan fingerprint density at radius 1 is 0.833 bits per heavy atom. The third kappa shape index (κ3) is 4.78. The molecule has 0 bridgehead atoms. The quantitative estimate of drug-likeness (QED) is 0.715. The number of nitrogens with zero attached hydrogens (tertiary/aromatic N) is 2. The minimum absolute atomic E-state index is 0.0149. The Kier molecular flexibility index (Phi) is 6.58. The molecular formula is C24H27ClN2O3. The lowest BCUT2D eigenvalue weighted by Gasteiger charge is -2.23. The molecule has 0 unspecified atom stereocenters. The maximum Gasteiger partial charge on any atom is 0.255 e. The first kappa shape index (κ1) is 20.7. The van der Waals surface area contributed by atoms with Gasteiger partial charge in [0.1, 0.15) is 5.75 Å². The highest BCUT2D eigenvalue weighted by Gasteiger charge is 2.25. The SMILES string of the molecule is O=C(c1cccc(OC2CCCC2)c1)N1CCCN(C(=O)c2ccccc2Cl)CC1. The molecule has 1 saturated heterocycles. The molecule has 6 heteroatoms. The van der Waals surface area contributed by atoms with E-state index in [2.05, 4.69) is 0 Å². The van der Waals surface area contributed by atoms with E-state index >= 15 is 0 Å². The minimum Gasteiger partial charge on any atom is -0.490 e. The molecule has 1 heterocycles. The van der Waals surface area contributed by atoms with E-state index in [1.54, 1.807) is 17.0 Å². The van der Waals surface area contributed by atoms with Crippen LogP contribution in [0.25, 0.3) is 0 Å². The molecule has 2 amide bonds. The number of hydrogen-bond donors (Lipinski definition) is 0. The fourth-order valence-electron chi connectivity index (χ4n) is 4.21. The minimum atomic E-state index is -0.0816. The van der Waals surface area contributed by atoms with Gasteiger partial charge in [-0.2, -0.15) is 0 Å². The highest BCUT2D eigenvalue weighted by atomic mass is 35.5. The zero-order chi connectivity index (χ0) is 20.9. The zero-order valence-corrected chi connectivity index (χ0v) is 17.8. The lowest BCUT2D eigenvalue weighted by Crippen LogP contribution is -2.37. The Bertz CT molecular complexity index is 911. The third-order valence-corrected chi connectivity index (χ3v) is 6.19. The van der Waals surface area contributed by atoms with Gasteiger partial charge in [-0.1, -0.05) is 29.8 Å². The number of carbonyl (C=O) groups is 2. The van der Waals surface area contributed by atoms with Crippen LogP contribution in [0.4, 0.5) is 0 Å². The van der Waals surface area contributed by atoms with Gasteiger partial charge < -0.3 is 14.5 Å². The lowest BCUT2D eigenvalue weighted by atomic mass is 10.1. The van der Waals surface area contributed by atoms with E-state index in [0.29, 0.717) is 42.3 Å². The summed E-state index contributed by atoms with van der Waals surface area (Å²) < 4.78 is 6.05. The molecule has 2 fully saturated rings. The number of benzene rings is 2. The maximum atomic E-state index is 13.1. The summed E-state index contributed by atoms with van der Waals surface area (Å²) in [5, 5.41) is 0.457. The van der Waals surface area contributed by atoms with Crippen LogP contribution in [-0.4, -0.2) is 53.9 Å². The Morgan fingerprint density at radius 3 is 2.27 bits per heavy atom. The average molecular weight is 427 g/mol. The number of amides is 2. The molecule has 0 N–H and O–H groups in total. The van der Waals surface area contributed by atoms with Crippen molar-refractivity contribution < 1.29 is 14.3 Å². The van der Waals surface area contributed by atoms with Crippen LogP contribution >= 0.6 is 11.6 Å². The van der Waals surface area contributed by atoms with Crippen LogP contribution in [0.3, 0.4) is 0 Å². The van der Waals surface area contributed by atoms with Crippen molar-refractivity contribution in [2.75, 3.05) is 26.2 Å². The monoisotopic (exact) mass is 426 g/mol. The molecule has 4 rings (SSSR count). The summed E-state index contributed by atoms with van der Waals surface area (Å²) in [6.45, 7) is 2.23. The molecule has 0 spiro atoms. The number of rotatable bonds is 4. The Labute approximate surface area is 182 Å². The Balaban J connectivity index is 1.40. The highest BCUT2D eigenvalue weighted by molar-refractivity contribution is 6.33. The maximum absolute atomic E-state index is 13.1. The number of halogens is 1. The normalized spacial score (nSPS) is 17.6. The predicted octanol–water partition coefficient (Wildman–Crippen LogP) is 4.65. The van der Waals surface area contributed by atoms with Gasteiger partial charge in [-0.05, 0) is 62.4 Å². The molecule has 1 aliphatic heterocycles. The van der Waals surface area contributed by atoms with Gasteiger partial charge in [0.05, 0.1) is 16.7 Å². The summed E-state index contributed by atoms with van der Waals surface area (Å²) in [6.07, 6.45) is 5.58. The van der Waals surface area contributed by atoms with E-state index in [4.69, 9.17) is 16.3 Å². The van der Waals surface area contributed by atoms with Gasteiger partial charge in [0.2, 0.25) is 0 Å². The summed E-state index contributed by atoms with van der Waals surface area (Å²) in [6, 6.07) is 14.6. The molecule has 1 saturated carbocycles. The molecule has 2 aromatic carbocycles. The van der Waals surface area contributed by atoms with Gasteiger partial charge in [0.25, 0.3) is 11.8 Å². The molecule has 0 atom stereocenters. The van der Waals surface area contributed by atoms with Gasteiger partial charge >= 0.3 is 0 Å². The van der Waals surface area contributed by atoms with E-state index < -0.39 is 0 Å². The number of ether oxygens (including phenoxy) is 1. The summed E-state index contributed by atoms with van der Waals surface area (Å²) in [5.41, 5.74) is 1.15. The van der Waals surface area contributed by atoms with Crippen LogP contribution in [0.2, 0.25) is 5.02 Å². The van der Waals surface area contributed by atoms with Crippen LogP contribution in [0.15, 0.2) is 48.5 Å². The summed E-state index contributed by atoms with van der Waals surface area (Å²) in [4.78, 5) is 29.6. The van der Waals surface area contributed by atoms with E-state index in [1.807, 2.05) is 41.3 Å². The zero-order valence-electron chi connectivity index (χ0n) is 17.1. The van der Waals surface area contributed by atoms with Crippen LogP contribution in [0.5, 0.6) is 5.75 Å². The van der Waals surface area contributed by atoms with E-state index in [-0.39, 0.29) is 17.9 Å². The molecule has 0 aromatic heterocycles. The van der Waals surface area contributed by atoms with Crippen molar-refractivity contribution in [2.24, 2.45) is 0 Å². The molecule has 1 aliphatic carbocycles. The van der Waals surface area contributed by atoms with Gasteiger partial charge in [0.15, 0.2) is 0 Å². The van der Waals surface area contributed by atoms with Gasteiger partial charge in [-0.25, -0.2) is 0 Å². The second kappa shape index (κ2) is 9.52. The first-order valence-electron chi connectivity index (χ1n) is 10.7. The van der Waals surface area contributed by atoms with Crippen molar-refractivity contribution in [3.8, 4) is 5.75 Å². The van der Waals surface area contributed by atoms with Crippen molar-refractivity contribution >= 4 is 23.4 Å². The number of carbonyl (C=O) groups excluding carboxylic acids is 2. The fraction of sp³-hybridized carbons (Fsp3) is 0.417. The van der Waals surface area contributed by atoms with Gasteiger partial charge in [-0.3, -0.25) is 9.59 Å². The first-order chi connectivity index (χ1) is 14.6. The number of hydrogen-bond acceptors (Lipinski definition) is 3. The van der Waals surface area contributed by atoms with E-state index in [9.17, 15) is 9.59 Å². The van der Waals surface area contributed by atoms with Gasteiger partial charge in [-0.15, -0.1) is 0 Å². The molecule has 158 valence electrons. The van der Waals surface area contributed by atoms with Crippen LogP contribution in [0, 0.1) is 0 Å². The Morgan fingerprint density at radius 2 is 1.53 bits per heavy atom. The van der Waals surface area contributed by atoms with Crippen molar-refractivity contribution in [1.29, 1.82) is 0 Å². The second-order valence-corrected chi connectivity index (χ2v) is 8.38. The van der Waals surface area contributed by atoms with Crippen LogP contribution < -0.4 is 4.74 Å². The highest BCUT2D eigenvalue weighted by Crippen LogP contribution is 2.25. The van der Waals surface area contributed by atoms with E-state index in [0.717, 1.165) is 25.0 Å². The smallest absolute Gasteiger partial charge is 0.255 e. The summed E-state index contributed by atoms with van der Waals surface area (Å²) in [7, 11) is 0. The average Bonchev–Trinajstić information content (AvgIpc) is 3.14. The molecule has 0 radical (unpaired) electrons. The van der Waals surface area contributed by atoms with Crippen LogP contribution in [0.1, 0.15) is 52.8 Å². The van der Waals surface area contributed by atoms with Crippen molar-refractivity contribution in [1.82, 2.24) is 9.80 Å².